The molecule has 1 aliphatic heterocycles. The molecule has 2 rings (SSSR count). The fraction of sp³-hybridized carbons (Fsp3) is 0.588. The van der Waals surface area contributed by atoms with Crippen molar-refractivity contribution in [3.8, 4) is 5.75 Å². The largest absolute Gasteiger partial charge is 0.496 e. The molecule has 1 aromatic carbocycles. The fourth-order valence-corrected chi connectivity index (χ4v) is 4.41. The monoisotopic (exact) mass is 496 g/mol. The van der Waals surface area contributed by atoms with Crippen LogP contribution in [0.3, 0.4) is 0 Å². The Kier molecular flexibility index (Phi) is 9.66. The predicted molar refractivity (Wildman–Crippen MR) is 116 cm³/mol. The van der Waals surface area contributed by atoms with Gasteiger partial charge in [0.25, 0.3) is 0 Å². The Labute approximate surface area is 173 Å². The van der Waals surface area contributed by atoms with Crippen molar-refractivity contribution in [2.75, 3.05) is 46.1 Å². The average Bonchev–Trinajstić information content (AvgIpc) is 2.92. The van der Waals surface area contributed by atoms with E-state index in [9.17, 15) is 8.42 Å². The van der Waals surface area contributed by atoms with E-state index in [4.69, 9.17) is 4.74 Å². The highest BCUT2D eigenvalue weighted by atomic mass is 127. The van der Waals surface area contributed by atoms with E-state index >= 15 is 0 Å². The number of guanidine groups is 1. The van der Waals surface area contributed by atoms with Crippen LogP contribution in [-0.2, 0) is 16.4 Å². The number of aliphatic imine (C=N–C) groups is 1. The van der Waals surface area contributed by atoms with E-state index in [-0.39, 0.29) is 29.7 Å². The van der Waals surface area contributed by atoms with Crippen LogP contribution in [0.25, 0.3) is 0 Å². The van der Waals surface area contributed by atoms with Crippen LogP contribution in [-0.4, -0.2) is 64.8 Å². The summed E-state index contributed by atoms with van der Waals surface area (Å²) in [5, 5.41) is 6.41. The number of halogens is 1. The van der Waals surface area contributed by atoms with Crippen molar-refractivity contribution < 1.29 is 13.2 Å². The third-order valence-electron chi connectivity index (χ3n) is 4.20. The quantitative estimate of drug-likeness (QED) is 0.339. The predicted octanol–water partition coefficient (Wildman–Crippen LogP) is 1.36. The molecule has 148 valence electrons. The van der Waals surface area contributed by atoms with Gasteiger partial charge in [0.15, 0.2) is 5.96 Å². The van der Waals surface area contributed by atoms with Crippen LogP contribution >= 0.6 is 24.0 Å². The summed E-state index contributed by atoms with van der Waals surface area (Å²) in [4.78, 5) is 4.18. The van der Waals surface area contributed by atoms with Crippen molar-refractivity contribution in [3.63, 3.8) is 0 Å². The van der Waals surface area contributed by atoms with Gasteiger partial charge in [0, 0.05) is 33.2 Å². The van der Waals surface area contributed by atoms with Crippen molar-refractivity contribution in [1.29, 1.82) is 0 Å². The molecule has 0 unspecified atom stereocenters. The molecule has 26 heavy (non-hydrogen) atoms. The Morgan fingerprint density at radius 2 is 2.04 bits per heavy atom. The van der Waals surface area contributed by atoms with E-state index in [1.165, 1.54) is 9.87 Å². The highest BCUT2D eigenvalue weighted by Crippen LogP contribution is 2.19. The minimum absolute atomic E-state index is 0. The van der Waals surface area contributed by atoms with Crippen molar-refractivity contribution in [3.05, 3.63) is 29.3 Å². The Balaban J connectivity index is 0.00000338. The number of rotatable bonds is 7. The van der Waals surface area contributed by atoms with Gasteiger partial charge in [0.1, 0.15) is 5.75 Å². The molecule has 1 aliphatic rings. The third kappa shape index (κ3) is 6.58. The van der Waals surface area contributed by atoms with Crippen molar-refractivity contribution in [2.45, 2.75) is 19.8 Å². The van der Waals surface area contributed by atoms with E-state index < -0.39 is 10.0 Å². The van der Waals surface area contributed by atoms with Gasteiger partial charge < -0.3 is 15.4 Å². The highest BCUT2D eigenvalue weighted by Gasteiger charge is 2.27. The molecule has 0 amide bonds. The van der Waals surface area contributed by atoms with Gasteiger partial charge in [-0.3, -0.25) is 4.99 Å². The molecular weight excluding hydrogens is 467 g/mol. The normalized spacial score (nSPS) is 16.8. The lowest BCUT2D eigenvalue weighted by Crippen LogP contribution is -2.42. The van der Waals surface area contributed by atoms with Gasteiger partial charge in [-0.15, -0.1) is 24.0 Å². The number of nitrogens with zero attached hydrogens (tertiary/aromatic N) is 2. The SMILES string of the molecule is CN=C(NCCc1cc(C)ccc1OC)NCCN1CCCS1(=O)=O.I. The molecule has 0 aromatic heterocycles. The molecule has 0 radical (unpaired) electrons. The summed E-state index contributed by atoms with van der Waals surface area (Å²) in [6.45, 7) is 4.38. The summed E-state index contributed by atoms with van der Waals surface area (Å²) in [7, 11) is 0.341. The first-order valence-corrected chi connectivity index (χ1v) is 10.1. The molecule has 1 saturated heterocycles. The van der Waals surface area contributed by atoms with E-state index in [2.05, 4.69) is 28.6 Å². The van der Waals surface area contributed by atoms with Crippen molar-refractivity contribution in [2.24, 2.45) is 4.99 Å². The van der Waals surface area contributed by atoms with Crippen LogP contribution in [0.5, 0.6) is 5.75 Å². The Hall–Kier alpha value is -1.07. The fourth-order valence-electron chi connectivity index (χ4n) is 2.88. The standard InChI is InChI=1S/C17H28N4O3S.HI/c1-14-5-6-16(24-3)15(13-14)7-8-19-17(18-2)20-9-11-21-10-4-12-25(21,22)23;/h5-6,13H,4,7-12H2,1-3H3,(H2,18,19,20);1H. The number of ether oxygens (including phenoxy) is 1. The molecule has 1 heterocycles. The first-order chi connectivity index (χ1) is 12.0. The summed E-state index contributed by atoms with van der Waals surface area (Å²) in [6.07, 6.45) is 1.53. The lowest BCUT2D eigenvalue weighted by Gasteiger charge is -2.17. The third-order valence-corrected chi connectivity index (χ3v) is 6.16. The number of methoxy groups -OCH3 is 1. The van der Waals surface area contributed by atoms with Crippen LogP contribution < -0.4 is 15.4 Å². The maximum absolute atomic E-state index is 11.8. The molecule has 0 bridgehead atoms. The van der Waals surface area contributed by atoms with Gasteiger partial charge in [0.2, 0.25) is 10.0 Å². The number of nitrogens with one attached hydrogen (secondary N) is 2. The summed E-state index contributed by atoms with van der Waals surface area (Å²) < 4.78 is 30.5. The van der Waals surface area contributed by atoms with Crippen LogP contribution in [0.15, 0.2) is 23.2 Å². The Bertz CT molecular complexity index is 710. The lowest BCUT2D eigenvalue weighted by molar-refractivity contribution is 0.409. The molecule has 0 aliphatic carbocycles. The first kappa shape index (κ1) is 23.0. The zero-order chi connectivity index (χ0) is 18.3. The second-order valence-electron chi connectivity index (χ2n) is 6.06. The maximum Gasteiger partial charge on any atom is 0.214 e. The minimum atomic E-state index is -3.04. The summed E-state index contributed by atoms with van der Waals surface area (Å²) in [5.41, 5.74) is 2.35. The van der Waals surface area contributed by atoms with Crippen LogP contribution in [0.1, 0.15) is 17.5 Å². The molecule has 0 spiro atoms. The van der Waals surface area contributed by atoms with E-state index in [1.807, 2.05) is 12.1 Å². The highest BCUT2D eigenvalue weighted by molar-refractivity contribution is 14.0. The smallest absolute Gasteiger partial charge is 0.214 e. The van der Waals surface area contributed by atoms with Crippen LogP contribution in [0, 0.1) is 6.92 Å². The van der Waals surface area contributed by atoms with Crippen molar-refractivity contribution in [1.82, 2.24) is 14.9 Å². The topological polar surface area (TPSA) is 83.0 Å². The van der Waals surface area contributed by atoms with Crippen LogP contribution in [0.4, 0.5) is 0 Å². The average molecular weight is 496 g/mol. The van der Waals surface area contributed by atoms with E-state index in [0.717, 1.165) is 17.7 Å². The summed E-state index contributed by atoms with van der Waals surface area (Å²) in [6, 6.07) is 6.13. The molecule has 0 atom stereocenters. The molecular formula is C17H29IN4O3S. The molecule has 1 fully saturated rings. The number of benzene rings is 1. The van der Waals surface area contributed by atoms with E-state index in [1.54, 1.807) is 14.2 Å². The second-order valence-corrected chi connectivity index (χ2v) is 8.15. The molecule has 9 heteroatoms. The maximum atomic E-state index is 11.8. The van der Waals surface area contributed by atoms with Gasteiger partial charge in [-0.2, -0.15) is 0 Å². The molecule has 7 nitrogen and oxygen atoms in total. The van der Waals surface area contributed by atoms with Crippen LogP contribution in [0.2, 0.25) is 0 Å². The van der Waals surface area contributed by atoms with Gasteiger partial charge >= 0.3 is 0 Å². The number of hydrogen-bond donors (Lipinski definition) is 2. The van der Waals surface area contributed by atoms with Gasteiger partial charge in [-0.1, -0.05) is 17.7 Å². The number of aryl methyl sites for hydroxylation is 1. The molecule has 1 aromatic rings. The Morgan fingerprint density at radius 1 is 1.31 bits per heavy atom. The van der Waals surface area contributed by atoms with Gasteiger partial charge in [-0.25, -0.2) is 12.7 Å². The second kappa shape index (κ2) is 10.9. The number of hydrogen-bond acceptors (Lipinski definition) is 4. The van der Waals surface area contributed by atoms with E-state index in [0.29, 0.717) is 38.6 Å². The number of sulfonamides is 1. The van der Waals surface area contributed by atoms with Gasteiger partial charge in [-0.05, 0) is 31.4 Å². The zero-order valence-corrected chi connectivity index (χ0v) is 18.8. The molecule has 2 N–H and O–H groups in total. The minimum Gasteiger partial charge on any atom is -0.496 e. The lowest BCUT2D eigenvalue weighted by atomic mass is 10.1. The van der Waals surface area contributed by atoms with Gasteiger partial charge in [0.05, 0.1) is 12.9 Å². The summed E-state index contributed by atoms with van der Waals surface area (Å²) in [5.74, 6) is 1.82. The zero-order valence-electron chi connectivity index (χ0n) is 15.6. The van der Waals surface area contributed by atoms with Crippen molar-refractivity contribution >= 4 is 40.0 Å². The summed E-state index contributed by atoms with van der Waals surface area (Å²) >= 11 is 0. The Morgan fingerprint density at radius 3 is 2.65 bits per heavy atom. The first-order valence-electron chi connectivity index (χ1n) is 8.52. The molecule has 0 saturated carbocycles.